The van der Waals surface area contributed by atoms with Crippen LogP contribution < -0.4 is 4.72 Å². The van der Waals surface area contributed by atoms with Gasteiger partial charge in [0.25, 0.3) is 0 Å². The van der Waals surface area contributed by atoms with Crippen LogP contribution in [0.4, 0.5) is 0 Å². The zero-order valence-electron chi connectivity index (χ0n) is 12.9. The molecule has 3 rings (SSSR count). The first-order valence-electron chi connectivity index (χ1n) is 7.39. The number of aromatic nitrogens is 1. The van der Waals surface area contributed by atoms with Gasteiger partial charge in [0, 0.05) is 18.1 Å². The SMILES string of the molecule is Cc1ccccc1CS(=O)(=O)NCc1cnc2ccccc2c1. The summed E-state index contributed by atoms with van der Waals surface area (Å²) in [6.07, 6.45) is 1.71. The van der Waals surface area contributed by atoms with E-state index in [1.165, 1.54) is 0 Å². The molecular formula is C18H18N2O2S. The molecule has 0 spiro atoms. The lowest BCUT2D eigenvalue weighted by atomic mass is 10.1. The van der Waals surface area contributed by atoms with Crippen LogP contribution in [0.1, 0.15) is 16.7 Å². The van der Waals surface area contributed by atoms with Crippen LogP contribution in [0.3, 0.4) is 0 Å². The van der Waals surface area contributed by atoms with E-state index in [4.69, 9.17) is 0 Å². The number of hydrogen-bond acceptors (Lipinski definition) is 3. The highest BCUT2D eigenvalue weighted by molar-refractivity contribution is 7.88. The second-order valence-corrected chi connectivity index (χ2v) is 7.35. The summed E-state index contributed by atoms with van der Waals surface area (Å²) in [5, 5.41) is 1.00. The van der Waals surface area contributed by atoms with Crippen molar-refractivity contribution in [1.82, 2.24) is 9.71 Å². The number of sulfonamides is 1. The summed E-state index contributed by atoms with van der Waals surface area (Å²) >= 11 is 0. The number of rotatable bonds is 5. The summed E-state index contributed by atoms with van der Waals surface area (Å²) in [7, 11) is -3.39. The van der Waals surface area contributed by atoms with E-state index in [0.717, 1.165) is 27.6 Å². The topological polar surface area (TPSA) is 59.1 Å². The number of nitrogens with one attached hydrogen (secondary N) is 1. The molecule has 118 valence electrons. The molecule has 0 bridgehead atoms. The van der Waals surface area contributed by atoms with Gasteiger partial charge in [-0.3, -0.25) is 4.98 Å². The Labute approximate surface area is 136 Å². The monoisotopic (exact) mass is 326 g/mol. The van der Waals surface area contributed by atoms with Crippen molar-refractivity contribution < 1.29 is 8.42 Å². The van der Waals surface area contributed by atoms with E-state index in [-0.39, 0.29) is 12.3 Å². The predicted molar refractivity (Wildman–Crippen MR) is 92.4 cm³/mol. The lowest BCUT2D eigenvalue weighted by molar-refractivity contribution is 0.580. The highest BCUT2D eigenvalue weighted by Gasteiger charge is 2.12. The Kier molecular flexibility index (Phi) is 4.41. The number of fused-ring (bicyclic) bond motifs is 1. The van der Waals surface area contributed by atoms with Crippen LogP contribution in [0, 0.1) is 6.92 Å². The van der Waals surface area contributed by atoms with E-state index in [0.29, 0.717) is 0 Å². The van der Waals surface area contributed by atoms with Gasteiger partial charge < -0.3 is 0 Å². The number of hydrogen-bond donors (Lipinski definition) is 1. The number of pyridine rings is 1. The Bertz CT molecular complexity index is 936. The first-order valence-corrected chi connectivity index (χ1v) is 9.04. The smallest absolute Gasteiger partial charge is 0.216 e. The average molecular weight is 326 g/mol. The quantitative estimate of drug-likeness (QED) is 0.783. The second kappa shape index (κ2) is 6.48. The number of benzene rings is 2. The van der Waals surface area contributed by atoms with Crippen molar-refractivity contribution in [3.63, 3.8) is 0 Å². The van der Waals surface area contributed by atoms with Crippen LogP contribution in [0.2, 0.25) is 0 Å². The van der Waals surface area contributed by atoms with Gasteiger partial charge in [0.1, 0.15) is 0 Å². The second-order valence-electron chi connectivity index (χ2n) is 5.54. The van der Waals surface area contributed by atoms with Gasteiger partial charge in [0.05, 0.1) is 11.3 Å². The van der Waals surface area contributed by atoms with Gasteiger partial charge in [-0.15, -0.1) is 0 Å². The molecule has 4 nitrogen and oxygen atoms in total. The van der Waals surface area contributed by atoms with Crippen molar-refractivity contribution in [2.24, 2.45) is 0 Å². The van der Waals surface area contributed by atoms with E-state index in [9.17, 15) is 8.42 Å². The highest BCUT2D eigenvalue weighted by atomic mass is 32.2. The molecule has 0 fully saturated rings. The van der Waals surface area contributed by atoms with Gasteiger partial charge in [-0.25, -0.2) is 13.1 Å². The van der Waals surface area contributed by atoms with E-state index in [1.54, 1.807) is 6.20 Å². The van der Waals surface area contributed by atoms with Gasteiger partial charge in [0.2, 0.25) is 10.0 Å². The molecule has 5 heteroatoms. The molecule has 0 saturated heterocycles. The first kappa shape index (κ1) is 15.6. The van der Waals surface area contributed by atoms with Gasteiger partial charge in [-0.1, -0.05) is 42.5 Å². The third kappa shape index (κ3) is 3.94. The van der Waals surface area contributed by atoms with Crippen molar-refractivity contribution in [3.05, 3.63) is 77.5 Å². The third-order valence-electron chi connectivity index (χ3n) is 3.75. The molecule has 1 heterocycles. The lowest BCUT2D eigenvalue weighted by Crippen LogP contribution is -2.25. The molecule has 3 aromatic rings. The minimum absolute atomic E-state index is 0.0132. The summed E-state index contributed by atoms with van der Waals surface area (Å²) in [4.78, 5) is 4.35. The van der Waals surface area contributed by atoms with E-state index < -0.39 is 10.0 Å². The average Bonchev–Trinajstić information content (AvgIpc) is 2.55. The zero-order valence-corrected chi connectivity index (χ0v) is 13.7. The first-order chi connectivity index (χ1) is 11.0. The molecule has 0 radical (unpaired) electrons. The maximum absolute atomic E-state index is 12.3. The molecule has 0 aliphatic heterocycles. The molecule has 23 heavy (non-hydrogen) atoms. The Balaban J connectivity index is 1.72. The van der Waals surface area contributed by atoms with Gasteiger partial charge in [0.15, 0.2) is 0 Å². The number of aryl methyl sites for hydroxylation is 1. The van der Waals surface area contributed by atoms with Crippen LogP contribution in [-0.4, -0.2) is 13.4 Å². The van der Waals surface area contributed by atoms with Gasteiger partial charge >= 0.3 is 0 Å². The Morgan fingerprint density at radius 1 is 1.04 bits per heavy atom. The molecule has 0 unspecified atom stereocenters. The molecule has 0 aliphatic carbocycles. The zero-order chi connectivity index (χ0) is 16.3. The normalized spacial score (nSPS) is 11.7. The maximum Gasteiger partial charge on any atom is 0.216 e. The molecular weight excluding hydrogens is 308 g/mol. The van der Waals surface area contributed by atoms with Crippen LogP contribution in [-0.2, 0) is 22.3 Å². The van der Waals surface area contributed by atoms with E-state index >= 15 is 0 Å². The number of para-hydroxylation sites is 1. The molecule has 2 aromatic carbocycles. The number of nitrogens with zero attached hydrogens (tertiary/aromatic N) is 1. The van der Waals surface area contributed by atoms with Crippen molar-refractivity contribution in [2.45, 2.75) is 19.2 Å². The summed E-state index contributed by atoms with van der Waals surface area (Å²) in [5.41, 5.74) is 3.54. The molecule has 0 aliphatic rings. The minimum Gasteiger partial charge on any atom is -0.256 e. The highest BCUT2D eigenvalue weighted by Crippen LogP contribution is 2.14. The van der Waals surface area contributed by atoms with Crippen LogP contribution in [0.5, 0.6) is 0 Å². The predicted octanol–water partition coefficient (Wildman–Crippen LogP) is 3.16. The van der Waals surface area contributed by atoms with E-state index in [2.05, 4.69) is 9.71 Å². The largest absolute Gasteiger partial charge is 0.256 e. The van der Waals surface area contributed by atoms with Crippen LogP contribution >= 0.6 is 0 Å². The van der Waals surface area contributed by atoms with Crippen molar-refractivity contribution in [2.75, 3.05) is 0 Å². The van der Waals surface area contributed by atoms with Crippen molar-refractivity contribution >= 4 is 20.9 Å². The fourth-order valence-corrected chi connectivity index (χ4v) is 3.66. The van der Waals surface area contributed by atoms with Gasteiger partial charge in [-0.05, 0) is 35.7 Å². The van der Waals surface area contributed by atoms with Crippen LogP contribution in [0.15, 0.2) is 60.8 Å². The molecule has 0 atom stereocenters. The van der Waals surface area contributed by atoms with Gasteiger partial charge in [-0.2, -0.15) is 0 Å². The Morgan fingerprint density at radius 2 is 1.78 bits per heavy atom. The molecule has 0 saturated carbocycles. The van der Waals surface area contributed by atoms with Crippen LogP contribution in [0.25, 0.3) is 10.9 Å². The lowest BCUT2D eigenvalue weighted by Gasteiger charge is -2.09. The Hall–Kier alpha value is -2.24. The molecule has 0 amide bonds. The fraction of sp³-hybridized carbons (Fsp3) is 0.167. The third-order valence-corrected chi connectivity index (χ3v) is 5.03. The maximum atomic E-state index is 12.3. The minimum atomic E-state index is -3.39. The Morgan fingerprint density at radius 3 is 2.61 bits per heavy atom. The van der Waals surface area contributed by atoms with Crippen molar-refractivity contribution in [1.29, 1.82) is 0 Å². The summed E-state index contributed by atoms with van der Waals surface area (Å²) in [5.74, 6) is -0.0132. The fourth-order valence-electron chi connectivity index (χ4n) is 2.43. The molecule has 1 aromatic heterocycles. The van der Waals surface area contributed by atoms with Crippen molar-refractivity contribution in [3.8, 4) is 0 Å². The van der Waals surface area contributed by atoms with E-state index in [1.807, 2.05) is 61.5 Å². The standard InChI is InChI=1S/C18H18N2O2S/c1-14-6-2-3-8-17(14)13-23(21,22)20-12-15-10-16-7-4-5-9-18(16)19-11-15/h2-11,20H,12-13H2,1H3. The summed E-state index contributed by atoms with van der Waals surface area (Å²) in [6.45, 7) is 2.16. The summed E-state index contributed by atoms with van der Waals surface area (Å²) < 4.78 is 27.2. The molecule has 1 N–H and O–H groups in total. The summed E-state index contributed by atoms with van der Waals surface area (Å²) in [6, 6.07) is 17.2.